The SMILES string of the molecule is CNC1CCN(C(C)=O)CC1.Cl.Cl. The van der Waals surface area contributed by atoms with Gasteiger partial charge in [0.25, 0.3) is 0 Å². The van der Waals surface area contributed by atoms with Crippen molar-refractivity contribution < 1.29 is 4.79 Å². The first-order valence-corrected chi connectivity index (χ1v) is 4.17. The number of hydrogen-bond acceptors (Lipinski definition) is 2. The highest BCUT2D eigenvalue weighted by Gasteiger charge is 2.18. The van der Waals surface area contributed by atoms with Gasteiger partial charge in [0.15, 0.2) is 0 Å². The Balaban J connectivity index is 0. The number of rotatable bonds is 1. The summed E-state index contributed by atoms with van der Waals surface area (Å²) in [6.07, 6.45) is 2.19. The second-order valence-corrected chi connectivity index (χ2v) is 3.07. The molecule has 0 aliphatic carbocycles. The summed E-state index contributed by atoms with van der Waals surface area (Å²) in [5.74, 6) is 0.208. The first-order chi connectivity index (χ1) is 5.24. The van der Waals surface area contributed by atoms with E-state index < -0.39 is 0 Å². The van der Waals surface area contributed by atoms with E-state index in [0.717, 1.165) is 25.9 Å². The molecule has 1 aliphatic rings. The van der Waals surface area contributed by atoms with Crippen molar-refractivity contribution in [3.05, 3.63) is 0 Å². The fourth-order valence-electron chi connectivity index (χ4n) is 1.48. The number of hydrogen-bond donors (Lipinski definition) is 1. The average molecular weight is 229 g/mol. The van der Waals surface area contributed by atoms with Crippen LogP contribution in [-0.4, -0.2) is 37.0 Å². The highest BCUT2D eigenvalue weighted by atomic mass is 35.5. The summed E-state index contributed by atoms with van der Waals surface area (Å²) < 4.78 is 0. The molecule has 1 heterocycles. The molecule has 1 saturated heterocycles. The molecule has 1 fully saturated rings. The molecule has 1 rings (SSSR count). The van der Waals surface area contributed by atoms with Gasteiger partial charge in [-0.3, -0.25) is 4.79 Å². The molecule has 0 saturated carbocycles. The maximum absolute atomic E-state index is 10.9. The molecule has 13 heavy (non-hydrogen) atoms. The van der Waals surface area contributed by atoms with E-state index in [1.165, 1.54) is 0 Å². The van der Waals surface area contributed by atoms with Crippen molar-refractivity contribution in [1.82, 2.24) is 10.2 Å². The largest absolute Gasteiger partial charge is 0.343 e. The molecular weight excluding hydrogens is 211 g/mol. The van der Waals surface area contributed by atoms with Crippen molar-refractivity contribution in [2.45, 2.75) is 25.8 Å². The van der Waals surface area contributed by atoms with Crippen molar-refractivity contribution in [1.29, 1.82) is 0 Å². The molecule has 1 amide bonds. The lowest BCUT2D eigenvalue weighted by molar-refractivity contribution is -0.129. The monoisotopic (exact) mass is 228 g/mol. The molecule has 1 N–H and O–H groups in total. The Kier molecular flexibility index (Phi) is 8.83. The van der Waals surface area contributed by atoms with Gasteiger partial charge in [-0.15, -0.1) is 24.8 Å². The van der Waals surface area contributed by atoms with E-state index in [4.69, 9.17) is 0 Å². The molecule has 0 bridgehead atoms. The van der Waals surface area contributed by atoms with Crippen molar-refractivity contribution in [2.75, 3.05) is 20.1 Å². The van der Waals surface area contributed by atoms with Crippen molar-refractivity contribution in [3.8, 4) is 0 Å². The average Bonchev–Trinajstić information content (AvgIpc) is 2.05. The number of halogens is 2. The molecule has 0 spiro atoms. The van der Waals surface area contributed by atoms with E-state index in [9.17, 15) is 4.79 Å². The topological polar surface area (TPSA) is 32.3 Å². The molecule has 3 nitrogen and oxygen atoms in total. The standard InChI is InChI=1S/C8H16N2O.2ClH/c1-7(11)10-5-3-8(9-2)4-6-10;;/h8-9H,3-6H2,1-2H3;2*1H. The highest BCUT2D eigenvalue weighted by Crippen LogP contribution is 2.09. The molecule has 0 unspecified atom stereocenters. The maximum atomic E-state index is 10.9. The van der Waals surface area contributed by atoms with E-state index in [-0.39, 0.29) is 30.7 Å². The number of nitrogens with zero attached hydrogens (tertiary/aromatic N) is 1. The smallest absolute Gasteiger partial charge is 0.219 e. The van der Waals surface area contributed by atoms with Gasteiger partial charge in [0.1, 0.15) is 0 Å². The Morgan fingerprint density at radius 1 is 1.31 bits per heavy atom. The highest BCUT2D eigenvalue weighted by molar-refractivity contribution is 5.85. The van der Waals surface area contributed by atoms with Crippen LogP contribution in [0.15, 0.2) is 0 Å². The normalized spacial score (nSPS) is 17.2. The summed E-state index contributed by atoms with van der Waals surface area (Å²) >= 11 is 0. The second kappa shape index (κ2) is 7.42. The zero-order valence-electron chi connectivity index (χ0n) is 8.08. The Morgan fingerprint density at radius 3 is 2.08 bits per heavy atom. The summed E-state index contributed by atoms with van der Waals surface area (Å²) in [6.45, 7) is 3.47. The number of carbonyl (C=O) groups is 1. The Morgan fingerprint density at radius 2 is 1.77 bits per heavy atom. The number of piperidine rings is 1. The Hall–Kier alpha value is 0.01000. The molecule has 0 aromatic carbocycles. The first kappa shape index (κ1) is 15.5. The van der Waals surface area contributed by atoms with Crippen LogP contribution in [0, 0.1) is 0 Å². The van der Waals surface area contributed by atoms with Crippen LogP contribution >= 0.6 is 24.8 Å². The van der Waals surface area contributed by atoms with Gasteiger partial charge in [0, 0.05) is 26.1 Å². The third-order valence-corrected chi connectivity index (χ3v) is 2.35. The lowest BCUT2D eigenvalue weighted by Crippen LogP contribution is -2.43. The first-order valence-electron chi connectivity index (χ1n) is 4.17. The van der Waals surface area contributed by atoms with Crippen molar-refractivity contribution >= 4 is 30.7 Å². The number of amides is 1. The summed E-state index contributed by atoms with van der Waals surface area (Å²) in [7, 11) is 1.98. The van der Waals surface area contributed by atoms with Gasteiger partial charge in [0.2, 0.25) is 5.91 Å². The molecule has 0 atom stereocenters. The van der Waals surface area contributed by atoms with Crippen LogP contribution in [0.25, 0.3) is 0 Å². The summed E-state index contributed by atoms with van der Waals surface area (Å²) in [5, 5.41) is 3.23. The number of nitrogens with one attached hydrogen (secondary N) is 1. The van der Waals surface area contributed by atoms with E-state index in [2.05, 4.69) is 5.32 Å². The van der Waals surface area contributed by atoms with E-state index in [1.807, 2.05) is 11.9 Å². The summed E-state index contributed by atoms with van der Waals surface area (Å²) in [5.41, 5.74) is 0. The molecule has 0 radical (unpaired) electrons. The Bertz CT molecular complexity index is 147. The molecule has 0 aromatic rings. The third kappa shape index (κ3) is 4.69. The van der Waals surface area contributed by atoms with Crippen LogP contribution < -0.4 is 5.32 Å². The minimum Gasteiger partial charge on any atom is -0.343 e. The van der Waals surface area contributed by atoms with Gasteiger partial charge in [-0.2, -0.15) is 0 Å². The van der Waals surface area contributed by atoms with Crippen LogP contribution in [0.3, 0.4) is 0 Å². The minimum atomic E-state index is 0. The summed E-state index contributed by atoms with van der Waals surface area (Å²) in [4.78, 5) is 12.8. The van der Waals surface area contributed by atoms with E-state index >= 15 is 0 Å². The Labute approximate surface area is 92.1 Å². The minimum absolute atomic E-state index is 0. The number of carbonyl (C=O) groups excluding carboxylic acids is 1. The lowest BCUT2D eigenvalue weighted by atomic mass is 10.1. The van der Waals surface area contributed by atoms with Crippen LogP contribution in [0.4, 0.5) is 0 Å². The van der Waals surface area contributed by atoms with Gasteiger partial charge in [-0.1, -0.05) is 0 Å². The van der Waals surface area contributed by atoms with Gasteiger partial charge < -0.3 is 10.2 Å². The molecule has 5 heteroatoms. The summed E-state index contributed by atoms with van der Waals surface area (Å²) in [6, 6.07) is 0.616. The molecule has 1 aliphatic heterocycles. The van der Waals surface area contributed by atoms with Crippen LogP contribution in [-0.2, 0) is 4.79 Å². The quantitative estimate of drug-likeness (QED) is 0.729. The van der Waals surface area contributed by atoms with Crippen molar-refractivity contribution in [2.24, 2.45) is 0 Å². The van der Waals surface area contributed by atoms with Crippen LogP contribution in [0.5, 0.6) is 0 Å². The van der Waals surface area contributed by atoms with Gasteiger partial charge >= 0.3 is 0 Å². The predicted octanol–water partition coefficient (Wildman–Crippen LogP) is 1.06. The fourth-order valence-corrected chi connectivity index (χ4v) is 1.48. The fraction of sp³-hybridized carbons (Fsp3) is 0.875. The van der Waals surface area contributed by atoms with Gasteiger partial charge in [0.05, 0.1) is 0 Å². The zero-order chi connectivity index (χ0) is 8.27. The molecule has 80 valence electrons. The predicted molar refractivity (Wildman–Crippen MR) is 58.8 cm³/mol. The van der Waals surface area contributed by atoms with Crippen molar-refractivity contribution in [3.63, 3.8) is 0 Å². The maximum Gasteiger partial charge on any atom is 0.219 e. The van der Waals surface area contributed by atoms with Gasteiger partial charge in [-0.25, -0.2) is 0 Å². The van der Waals surface area contributed by atoms with E-state index in [0.29, 0.717) is 6.04 Å². The van der Waals surface area contributed by atoms with E-state index in [1.54, 1.807) is 6.92 Å². The molecule has 0 aromatic heterocycles. The third-order valence-electron chi connectivity index (χ3n) is 2.35. The zero-order valence-corrected chi connectivity index (χ0v) is 9.71. The molecular formula is C8H18Cl2N2O. The van der Waals surface area contributed by atoms with Gasteiger partial charge in [-0.05, 0) is 19.9 Å². The lowest BCUT2D eigenvalue weighted by Gasteiger charge is -2.30. The second-order valence-electron chi connectivity index (χ2n) is 3.07. The van der Waals surface area contributed by atoms with Crippen LogP contribution in [0.2, 0.25) is 0 Å². The van der Waals surface area contributed by atoms with Crippen LogP contribution in [0.1, 0.15) is 19.8 Å². The number of likely N-dealkylation sites (tertiary alicyclic amines) is 1.